The van der Waals surface area contributed by atoms with Gasteiger partial charge in [0.15, 0.2) is 0 Å². The molecule has 5 nitrogen and oxygen atoms in total. The standard InChI is InChI=1S/C17H23BrN2O3/c18-15-11-19-9-8-14(15)17(23)20-13(6-7-16(21)22)10-12-4-2-1-3-5-12/h8-9,11-13H,1-7,10H2,(H,20,23)(H,21,22). The van der Waals surface area contributed by atoms with Crippen LogP contribution in [0.5, 0.6) is 0 Å². The van der Waals surface area contributed by atoms with Crippen LogP contribution in [-0.2, 0) is 4.79 Å². The molecule has 1 fully saturated rings. The number of hydrogen-bond acceptors (Lipinski definition) is 3. The lowest BCUT2D eigenvalue weighted by Gasteiger charge is -2.27. The summed E-state index contributed by atoms with van der Waals surface area (Å²) in [5.41, 5.74) is 0.531. The van der Waals surface area contributed by atoms with Gasteiger partial charge in [0.25, 0.3) is 5.91 Å². The first-order valence-electron chi connectivity index (χ1n) is 8.18. The Morgan fingerprint density at radius 1 is 1.35 bits per heavy atom. The minimum absolute atomic E-state index is 0.0786. The van der Waals surface area contributed by atoms with Gasteiger partial charge >= 0.3 is 5.97 Å². The summed E-state index contributed by atoms with van der Waals surface area (Å²) in [6.45, 7) is 0. The average Bonchev–Trinajstić information content (AvgIpc) is 2.54. The Balaban J connectivity index is 1.99. The second kappa shape index (κ2) is 9.01. The van der Waals surface area contributed by atoms with Gasteiger partial charge in [-0.3, -0.25) is 14.6 Å². The van der Waals surface area contributed by atoms with E-state index in [0.29, 0.717) is 22.4 Å². The van der Waals surface area contributed by atoms with Crippen molar-refractivity contribution in [3.05, 3.63) is 28.5 Å². The maximum Gasteiger partial charge on any atom is 0.303 e. The van der Waals surface area contributed by atoms with E-state index in [4.69, 9.17) is 5.11 Å². The normalized spacial score (nSPS) is 16.7. The Morgan fingerprint density at radius 2 is 2.09 bits per heavy atom. The van der Waals surface area contributed by atoms with Crippen molar-refractivity contribution < 1.29 is 14.7 Å². The first-order valence-corrected chi connectivity index (χ1v) is 8.97. The van der Waals surface area contributed by atoms with Crippen LogP contribution in [0.25, 0.3) is 0 Å². The van der Waals surface area contributed by atoms with Crippen molar-refractivity contribution in [2.24, 2.45) is 5.92 Å². The van der Waals surface area contributed by atoms with Gasteiger partial charge in [0.2, 0.25) is 0 Å². The van der Waals surface area contributed by atoms with Crippen LogP contribution in [0.4, 0.5) is 0 Å². The van der Waals surface area contributed by atoms with Crippen molar-refractivity contribution in [1.29, 1.82) is 0 Å². The molecule has 0 aliphatic heterocycles. The maximum absolute atomic E-state index is 12.4. The summed E-state index contributed by atoms with van der Waals surface area (Å²) >= 11 is 3.33. The van der Waals surface area contributed by atoms with Crippen LogP contribution in [0.15, 0.2) is 22.9 Å². The molecule has 0 bridgehead atoms. The fraction of sp³-hybridized carbons (Fsp3) is 0.588. The number of halogens is 1. The average molecular weight is 383 g/mol. The number of hydrogen-bond donors (Lipinski definition) is 2. The topological polar surface area (TPSA) is 79.3 Å². The molecule has 23 heavy (non-hydrogen) atoms. The van der Waals surface area contributed by atoms with Gasteiger partial charge in [-0.2, -0.15) is 0 Å². The zero-order chi connectivity index (χ0) is 16.7. The summed E-state index contributed by atoms with van der Waals surface area (Å²) in [7, 11) is 0. The second-order valence-corrected chi connectivity index (χ2v) is 7.05. The summed E-state index contributed by atoms with van der Waals surface area (Å²) in [6.07, 6.45) is 10.7. The minimum atomic E-state index is -0.821. The van der Waals surface area contributed by atoms with Crippen LogP contribution in [0, 0.1) is 5.92 Å². The maximum atomic E-state index is 12.4. The number of nitrogens with zero attached hydrogens (tertiary/aromatic N) is 1. The highest BCUT2D eigenvalue weighted by atomic mass is 79.9. The number of carboxylic acid groups (broad SMARTS) is 1. The molecule has 1 aliphatic carbocycles. The van der Waals surface area contributed by atoms with Crippen molar-refractivity contribution in [1.82, 2.24) is 10.3 Å². The number of carbonyl (C=O) groups is 2. The third kappa shape index (κ3) is 5.94. The zero-order valence-electron chi connectivity index (χ0n) is 13.1. The summed E-state index contributed by atoms with van der Waals surface area (Å²) < 4.78 is 0.646. The molecule has 1 aromatic heterocycles. The van der Waals surface area contributed by atoms with E-state index in [-0.39, 0.29) is 18.4 Å². The quantitative estimate of drug-likeness (QED) is 0.751. The Morgan fingerprint density at radius 3 is 2.74 bits per heavy atom. The Kier molecular flexibility index (Phi) is 7.02. The molecule has 0 aromatic carbocycles. The highest BCUT2D eigenvalue weighted by molar-refractivity contribution is 9.10. The number of rotatable bonds is 7. The van der Waals surface area contributed by atoms with Crippen LogP contribution in [0.2, 0.25) is 0 Å². The first-order chi connectivity index (χ1) is 11.1. The lowest BCUT2D eigenvalue weighted by molar-refractivity contribution is -0.137. The molecule has 1 saturated carbocycles. The number of aliphatic carboxylic acids is 1. The molecule has 1 aliphatic rings. The predicted molar refractivity (Wildman–Crippen MR) is 91.3 cm³/mol. The summed E-state index contributed by atoms with van der Waals surface area (Å²) in [4.78, 5) is 27.3. The molecule has 2 N–H and O–H groups in total. The van der Waals surface area contributed by atoms with Gasteiger partial charge in [-0.1, -0.05) is 32.1 Å². The van der Waals surface area contributed by atoms with Crippen LogP contribution in [0.3, 0.4) is 0 Å². The van der Waals surface area contributed by atoms with E-state index in [1.54, 1.807) is 18.5 Å². The third-order valence-electron chi connectivity index (χ3n) is 4.40. The number of amides is 1. The number of carboxylic acids is 1. The highest BCUT2D eigenvalue weighted by Gasteiger charge is 2.22. The van der Waals surface area contributed by atoms with Crippen LogP contribution in [0.1, 0.15) is 61.7 Å². The monoisotopic (exact) mass is 382 g/mol. The van der Waals surface area contributed by atoms with Crippen molar-refractivity contribution in [3.8, 4) is 0 Å². The highest BCUT2D eigenvalue weighted by Crippen LogP contribution is 2.28. The molecule has 0 radical (unpaired) electrons. The van der Waals surface area contributed by atoms with Crippen LogP contribution >= 0.6 is 15.9 Å². The molecule has 1 heterocycles. The van der Waals surface area contributed by atoms with Crippen molar-refractivity contribution in [2.75, 3.05) is 0 Å². The molecule has 126 valence electrons. The number of aromatic nitrogens is 1. The van der Waals surface area contributed by atoms with E-state index in [9.17, 15) is 9.59 Å². The summed E-state index contributed by atoms with van der Waals surface area (Å²) in [5, 5.41) is 12.0. The third-order valence-corrected chi connectivity index (χ3v) is 5.03. The number of pyridine rings is 1. The minimum Gasteiger partial charge on any atom is -0.481 e. The van der Waals surface area contributed by atoms with E-state index in [1.807, 2.05) is 0 Å². The lowest BCUT2D eigenvalue weighted by atomic mass is 9.84. The smallest absolute Gasteiger partial charge is 0.303 e. The predicted octanol–water partition coefficient (Wildman–Crippen LogP) is 3.78. The Bertz CT molecular complexity index is 544. The fourth-order valence-corrected chi connectivity index (χ4v) is 3.62. The molecule has 6 heteroatoms. The van der Waals surface area contributed by atoms with Crippen LogP contribution in [-0.4, -0.2) is 28.0 Å². The molecule has 0 saturated heterocycles. The van der Waals surface area contributed by atoms with E-state index >= 15 is 0 Å². The largest absolute Gasteiger partial charge is 0.481 e. The van der Waals surface area contributed by atoms with Gasteiger partial charge in [-0.25, -0.2) is 0 Å². The molecular formula is C17H23BrN2O3. The van der Waals surface area contributed by atoms with Gasteiger partial charge in [0.05, 0.1) is 5.56 Å². The Hall–Kier alpha value is -1.43. The summed E-state index contributed by atoms with van der Waals surface area (Å²) in [6, 6.07) is 1.57. The van der Waals surface area contributed by atoms with Gasteiger partial charge in [-0.05, 0) is 40.8 Å². The molecule has 1 atom stereocenters. The number of nitrogens with one attached hydrogen (secondary N) is 1. The van der Waals surface area contributed by atoms with E-state index in [0.717, 1.165) is 6.42 Å². The van der Waals surface area contributed by atoms with E-state index < -0.39 is 5.97 Å². The van der Waals surface area contributed by atoms with Gasteiger partial charge in [0.1, 0.15) is 0 Å². The zero-order valence-corrected chi connectivity index (χ0v) is 14.7. The van der Waals surface area contributed by atoms with Crippen LogP contribution < -0.4 is 5.32 Å². The molecular weight excluding hydrogens is 360 g/mol. The SMILES string of the molecule is O=C(O)CCC(CC1CCCCC1)NC(=O)c1ccncc1Br. The van der Waals surface area contributed by atoms with Crippen molar-refractivity contribution in [3.63, 3.8) is 0 Å². The van der Waals surface area contributed by atoms with Crippen molar-refractivity contribution in [2.45, 2.75) is 57.4 Å². The van der Waals surface area contributed by atoms with Gasteiger partial charge < -0.3 is 10.4 Å². The first kappa shape index (κ1) is 17.9. The van der Waals surface area contributed by atoms with E-state index in [1.165, 1.54) is 32.1 Å². The molecule has 0 spiro atoms. The fourth-order valence-electron chi connectivity index (χ4n) is 3.19. The van der Waals surface area contributed by atoms with E-state index in [2.05, 4.69) is 26.2 Å². The van der Waals surface area contributed by atoms with Gasteiger partial charge in [-0.15, -0.1) is 0 Å². The molecule has 1 amide bonds. The molecule has 1 aromatic rings. The molecule has 1 unspecified atom stereocenters. The lowest BCUT2D eigenvalue weighted by Crippen LogP contribution is -2.37. The number of carbonyl (C=O) groups excluding carboxylic acids is 1. The molecule has 2 rings (SSSR count). The van der Waals surface area contributed by atoms with Gasteiger partial charge in [0, 0.05) is 29.3 Å². The summed E-state index contributed by atoms with van der Waals surface area (Å²) in [5.74, 6) is -0.410. The van der Waals surface area contributed by atoms with Crippen molar-refractivity contribution >= 4 is 27.8 Å². The second-order valence-electron chi connectivity index (χ2n) is 6.20. The Labute approximate surface area is 145 Å².